The van der Waals surface area contributed by atoms with Crippen LogP contribution in [0.4, 0.5) is 4.39 Å². The normalized spacial score (nSPS) is 23.8. The first-order valence-electron chi connectivity index (χ1n) is 6.12. The number of halogens is 1. The zero-order valence-corrected chi connectivity index (χ0v) is 11.5. The lowest BCUT2D eigenvalue weighted by Crippen LogP contribution is -2.16. The van der Waals surface area contributed by atoms with E-state index in [1.54, 1.807) is 23.9 Å². The van der Waals surface area contributed by atoms with Gasteiger partial charge in [0.25, 0.3) is 0 Å². The van der Waals surface area contributed by atoms with Crippen molar-refractivity contribution in [2.75, 3.05) is 6.61 Å². The average Bonchev–Trinajstić information content (AvgIpc) is 2.82. The molecule has 0 saturated carbocycles. The quantitative estimate of drug-likeness (QED) is 0.385. The van der Waals surface area contributed by atoms with Gasteiger partial charge in [-0.1, -0.05) is 17.3 Å². The number of rotatable bonds is 4. The first-order chi connectivity index (χ1) is 9.13. The Morgan fingerprint density at radius 1 is 1.63 bits per heavy atom. The third kappa shape index (κ3) is 3.19. The van der Waals surface area contributed by atoms with Crippen molar-refractivity contribution < 1.29 is 14.3 Å². The number of oxime groups is 1. The summed E-state index contributed by atoms with van der Waals surface area (Å²) >= 11 is 1.68. The molecular formula is C13H17FN2O2S. The van der Waals surface area contributed by atoms with Gasteiger partial charge in [0, 0.05) is 17.6 Å². The molecule has 1 aliphatic rings. The van der Waals surface area contributed by atoms with E-state index >= 15 is 0 Å². The number of hydrogen-bond donors (Lipinski definition) is 2. The molecule has 2 unspecified atom stereocenters. The molecule has 0 spiro atoms. The van der Waals surface area contributed by atoms with Gasteiger partial charge in [-0.15, -0.1) is 0 Å². The van der Waals surface area contributed by atoms with Crippen molar-refractivity contribution >= 4 is 17.6 Å². The third-order valence-electron chi connectivity index (χ3n) is 3.22. The average molecular weight is 284 g/mol. The molecule has 1 aliphatic heterocycles. The van der Waals surface area contributed by atoms with Crippen molar-refractivity contribution in [2.24, 2.45) is 10.9 Å². The van der Waals surface area contributed by atoms with Crippen LogP contribution in [0.3, 0.4) is 0 Å². The molecule has 3 N–H and O–H groups in total. The second-order valence-electron chi connectivity index (χ2n) is 4.48. The maximum absolute atomic E-state index is 14.2. The molecule has 19 heavy (non-hydrogen) atoms. The molecule has 1 aromatic rings. The lowest BCUT2D eigenvalue weighted by atomic mass is 10.1. The van der Waals surface area contributed by atoms with Crippen molar-refractivity contribution in [3.05, 3.63) is 35.1 Å². The highest BCUT2D eigenvalue weighted by Gasteiger charge is 2.25. The smallest absolute Gasteiger partial charge is 0.173 e. The Kier molecular flexibility index (Phi) is 4.66. The molecule has 0 radical (unpaired) electrons. The van der Waals surface area contributed by atoms with Crippen molar-refractivity contribution in [2.45, 2.75) is 30.5 Å². The molecule has 0 aromatic heterocycles. The number of nitrogens with two attached hydrogens (primary N) is 1. The zero-order chi connectivity index (χ0) is 13.8. The van der Waals surface area contributed by atoms with Gasteiger partial charge in [0.15, 0.2) is 5.84 Å². The van der Waals surface area contributed by atoms with Crippen molar-refractivity contribution in [1.82, 2.24) is 0 Å². The summed E-state index contributed by atoms with van der Waals surface area (Å²) in [4.78, 5) is 0. The van der Waals surface area contributed by atoms with E-state index in [1.807, 2.05) is 6.92 Å². The lowest BCUT2D eigenvalue weighted by molar-refractivity contribution is 0.127. The van der Waals surface area contributed by atoms with Gasteiger partial charge in [0.2, 0.25) is 0 Å². The SMILES string of the molecule is CC1OCCC1SCc1cccc(/C(N)=N/O)c1F. The Morgan fingerprint density at radius 3 is 3.05 bits per heavy atom. The summed E-state index contributed by atoms with van der Waals surface area (Å²) in [5.74, 6) is -0.0738. The number of benzene rings is 1. The van der Waals surface area contributed by atoms with Crippen LogP contribution in [0.1, 0.15) is 24.5 Å². The Hall–Kier alpha value is -1.27. The Balaban J connectivity index is 2.08. The molecule has 2 atom stereocenters. The van der Waals surface area contributed by atoms with Crippen LogP contribution in [0.5, 0.6) is 0 Å². The predicted molar refractivity (Wildman–Crippen MR) is 74.0 cm³/mol. The highest BCUT2D eigenvalue weighted by Crippen LogP contribution is 2.30. The van der Waals surface area contributed by atoms with Gasteiger partial charge in [-0.25, -0.2) is 4.39 Å². The van der Waals surface area contributed by atoms with Crippen LogP contribution in [0.2, 0.25) is 0 Å². The van der Waals surface area contributed by atoms with Crippen molar-refractivity contribution in [3.63, 3.8) is 0 Å². The minimum Gasteiger partial charge on any atom is -0.409 e. The van der Waals surface area contributed by atoms with E-state index in [0.717, 1.165) is 13.0 Å². The van der Waals surface area contributed by atoms with Crippen LogP contribution >= 0.6 is 11.8 Å². The summed E-state index contributed by atoms with van der Waals surface area (Å²) in [6.45, 7) is 2.80. The highest BCUT2D eigenvalue weighted by atomic mass is 32.2. The lowest BCUT2D eigenvalue weighted by Gasteiger charge is -2.14. The zero-order valence-electron chi connectivity index (χ0n) is 10.7. The molecule has 6 heteroatoms. The molecule has 104 valence electrons. The van der Waals surface area contributed by atoms with Crippen LogP contribution in [0, 0.1) is 5.82 Å². The van der Waals surface area contributed by atoms with Crippen LogP contribution in [0.25, 0.3) is 0 Å². The van der Waals surface area contributed by atoms with E-state index in [2.05, 4.69) is 5.16 Å². The molecule has 0 bridgehead atoms. The minimum absolute atomic E-state index is 0.135. The molecule has 0 aliphatic carbocycles. The van der Waals surface area contributed by atoms with Crippen molar-refractivity contribution in [1.29, 1.82) is 0 Å². The fourth-order valence-corrected chi connectivity index (χ4v) is 3.30. The Bertz CT molecular complexity index is 482. The van der Waals surface area contributed by atoms with E-state index in [0.29, 0.717) is 16.6 Å². The third-order valence-corrected chi connectivity index (χ3v) is 4.75. The molecule has 1 fully saturated rings. The van der Waals surface area contributed by atoms with Gasteiger partial charge in [-0.2, -0.15) is 11.8 Å². The maximum Gasteiger partial charge on any atom is 0.173 e. The van der Waals surface area contributed by atoms with E-state index in [9.17, 15) is 4.39 Å². The van der Waals surface area contributed by atoms with Gasteiger partial charge in [0.1, 0.15) is 5.82 Å². The van der Waals surface area contributed by atoms with Crippen LogP contribution in [0.15, 0.2) is 23.4 Å². The fraction of sp³-hybridized carbons (Fsp3) is 0.462. The van der Waals surface area contributed by atoms with E-state index in [4.69, 9.17) is 15.7 Å². The standard InChI is InChI=1S/C13H17FN2O2S/c1-8-11(5-6-18-8)19-7-9-3-2-4-10(12(9)14)13(15)16-17/h2-4,8,11,17H,5-7H2,1H3,(H2,15,16). The predicted octanol–water partition coefficient (Wildman–Crippen LogP) is 2.33. The number of ether oxygens (including phenoxy) is 1. The Labute approximate surface area is 115 Å². The molecule has 2 rings (SSSR count). The summed E-state index contributed by atoms with van der Waals surface area (Å²) in [6, 6.07) is 4.93. The first-order valence-corrected chi connectivity index (χ1v) is 7.17. The molecule has 1 aromatic carbocycles. The molecule has 1 saturated heterocycles. The highest BCUT2D eigenvalue weighted by molar-refractivity contribution is 7.99. The minimum atomic E-state index is -0.420. The monoisotopic (exact) mass is 284 g/mol. The maximum atomic E-state index is 14.2. The number of thioether (sulfide) groups is 1. The van der Waals surface area contributed by atoms with Crippen molar-refractivity contribution in [3.8, 4) is 0 Å². The van der Waals surface area contributed by atoms with Gasteiger partial charge in [0.05, 0.1) is 11.7 Å². The van der Waals surface area contributed by atoms with Gasteiger partial charge < -0.3 is 15.7 Å². The van der Waals surface area contributed by atoms with Crippen LogP contribution in [-0.4, -0.2) is 29.0 Å². The Morgan fingerprint density at radius 2 is 2.42 bits per heavy atom. The fourth-order valence-electron chi connectivity index (χ4n) is 2.07. The summed E-state index contributed by atoms with van der Waals surface area (Å²) in [7, 11) is 0. The van der Waals surface area contributed by atoms with Gasteiger partial charge in [-0.3, -0.25) is 0 Å². The second-order valence-corrected chi connectivity index (χ2v) is 5.71. The summed E-state index contributed by atoms with van der Waals surface area (Å²) in [6.07, 6.45) is 1.20. The second kappa shape index (κ2) is 6.25. The van der Waals surface area contributed by atoms with E-state index in [1.165, 1.54) is 6.07 Å². The van der Waals surface area contributed by atoms with E-state index in [-0.39, 0.29) is 17.5 Å². The molecule has 0 amide bonds. The number of amidine groups is 1. The summed E-state index contributed by atoms with van der Waals surface area (Å²) in [5.41, 5.74) is 6.14. The van der Waals surface area contributed by atoms with Crippen LogP contribution in [-0.2, 0) is 10.5 Å². The molecular weight excluding hydrogens is 267 g/mol. The topological polar surface area (TPSA) is 67.8 Å². The van der Waals surface area contributed by atoms with Gasteiger partial charge >= 0.3 is 0 Å². The number of hydrogen-bond acceptors (Lipinski definition) is 4. The van der Waals surface area contributed by atoms with E-state index < -0.39 is 5.82 Å². The van der Waals surface area contributed by atoms with Gasteiger partial charge in [-0.05, 0) is 25.0 Å². The number of nitrogens with zero attached hydrogens (tertiary/aromatic N) is 1. The molecule has 1 heterocycles. The van der Waals surface area contributed by atoms with Crippen LogP contribution < -0.4 is 5.73 Å². The molecule has 4 nitrogen and oxygen atoms in total. The summed E-state index contributed by atoms with van der Waals surface area (Å²) < 4.78 is 19.6. The first kappa shape index (κ1) is 14.1. The summed E-state index contributed by atoms with van der Waals surface area (Å²) in [5, 5.41) is 11.8. The largest absolute Gasteiger partial charge is 0.409 e.